The second-order valence-electron chi connectivity index (χ2n) is 7.42. The van der Waals surface area contributed by atoms with Crippen LogP contribution in [-0.2, 0) is 20.9 Å². The Morgan fingerprint density at radius 2 is 1.48 bits per heavy atom. The van der Waals surface area contributed by atoms with Crippen LogP contribution >= 0.6 is 0 Å². The summed E-state index contributed by atoms with van der Waals surface area (Å²) in [6.45, 7) is 0.995. The molecule has 1 aliphatic heterocycles. The number of aliphatic hydroxyl groups is 1. The molecule has 1 aliphatic carbocycles. The average Bonchev–Trinajstić information content (AvgIpc) is 3.38. The van der Waals surface area contributed by atoms with Gasteiger partial charge in [0.05, 0.1) is 30.6 Å². The third-order valence-corrected chi connectivity index (χ3v) is 5.97. The molecule has 4 rings (SSSR count). The lowest BCUT2D eigenvalue weighted by Gasteiger charge is -2.36. The van der Waals surface area contributed by atoms with Gasteiger partial charge in [-0.3, -0.25) is 0 Å². The van der Waals surface area contributed by atoms with E-state index in [1.807, 2.05) is 75.7 Å². The first kappa shape index (κ1) is 19.9. The fraction of sp³-hybridized carbons (Fsp3) is 0.391. The maximum Gasteiger partial charge on any atom is 0.222 e. The van der Waals surface area contributed by atoms with Gasteiger partial charge in [0.2, 0.25) is 5.79 Å². The highest BCUT2D eigenvalue weighted by Crippen LogP contribution is 2.48. The maximum atomic E-state index is 12.0. The minimum absolute atomic E-state index is 0.00130. The lowest BCUT2D eigenvalue weighted by Crippen LogP contribution is -2.38. The Balaban J connectivity index is 1.91. The van der Waals surface area contributed by atoms with Crippen LogP contribution in [0.5, 0.6) is 0 Å². The Labute approximate surface area is 171 Å². The molecule has 0 amide bonds. The zero-order chi connectivity index (χ0) is 20.5. The second kappa shape index (κ2) is 7.80. The van der Waals surface area contributed by atoms with E-state index in [-0.39, 0.29) is 6.04 Å². The molecular formula is C23H29N3O3. The number of benzene rings is 2. The zero-order valence-electron chi connectivity index (χ0n) is 17.2. The van der Waals surface area contributed by atoms with Gasteiger partial charge in [0.15, 0.2) is 0 Å². The summed E-state index contributed by atoms with van der Waals surface area (Å²) in [5.41, 5.74) is 3.02. The van der Waals surface area contributed by atoms with Crippen molar-refractivity contribution in [1.29, 1.82) is 0 Å². The molecule has 0 radical (unpaired) electrons. The van der Waals surface area contributed by atoms with Crippen molar-refractivity contribution in [2.45, 2.75) is 23.9 Å². The fourth-order valence-corrected chi connectivity index (χ4v) is 4.71. The normalized spacial score (nSPS) is 26.0. The van der Waals surface area contributed by atoms with Gasteiger partial charge in [0.1, 0.15) is 5.60 Å². The van der Waals surface area contributed by atoms with Gasteiger partial charge >= 0.3 is 0 Å². The van der Waals surface area contributed by atoms with E-state index >= 15 is 0 Å². The molecule has 0 aromatic heterocycles. The predicted octanol–water partition coefficient (Wildman–Crippen LogP) is 1.76. The van der Waals surface area contributed by atoms with Gasteiger partial charge in [-0.05, 0) is 12.6 Å². The first-order chi connectivity index (χ1) is 14.1. The van der Waals surface area contributed by atoms with E-state index in [1.165, 1.54) is 0 Å². The largest absolute Gasteiger partial charge is 0.389 e. The number of hydrogen-bond donors (Lipinski definition) is 4. The Bertz CT molecular complexity index is 893. The summed E-state index contributed by atoms with van der Waals surface area (Å²) in [4.78, 5) is 0. The van der Waals surface area contributed by atoms with Gasteiger partial charge in [-0.15, -0.1) is 0 Å². The zero-order valence-corrected chi connectivity index (χ0v) is 17.2. The van der Waals surface area contributed by atoms with E-state index in [9.17, 15) is 5.11 Å². The Morgan fingerprint density at radius 3 is 2.07 bits per heavy atom. The SMILES string of the molecule is CNC1=C(NC)C(O)(c2ccccc2C2(c3ccccc3)OCCO2)CC1NC. The summed E-state index contributed by atoms with van der Waals surface area (Å²) in [6.07, 6.45) is 0.498. The number of ether oxygens (including phenoxy) is 2. The Hall–Kier alpha value is -2.38. The monoisotopic (exact) mass is 395 g/mol. The first-order valence-electron chi connectivity index (χ1n) is 10.0. The number of hydrogen-bond acceptors (Lipinski definition) is 6. The van der Waals surface area contributed by atoms with Crippen LogP contribution in [0.1, 0.15) is 23.1 Å². The molecule has 0 bridgehead atoms. The molecule has 6 nitrogen and oxygen atoms in total. The summed E-state index contributed by atoms with van der Waals surface area (Å²) in [5.74, 6) is -1.04. The Kier molecular flexibility index (Phi) is 5.36. The van der Waals surface area contributed by atoms with E-state index in [1.54, 1.807) is 0 Å². The van der Waals surface area contributed by atoms with E-state index in [0.717, 1.165) is 28.1 Å². The Morgan fingerprint density at radius 1 is 0.862 bits per heavy atom. The molecule has 1 fully saturated rings. The molecule has 1 heterocycles. The smallest absolute Gasteiger partial charge is 0.222 e. The van der Waals surface area contributed by atoms with Crippen LogP contribution in [0.3, 0.4) is 0 Å². The highest BCUT2D eigenvalue weighted by atomic mass is 16.7. The molecule has 2 atom stereocenters. The minimum Gasteiger partial charge on any atom is -0.389 e. The minimum atomic E-state index is -1.21. The van der Waals surface area contributed by atoms with Crippen molar-refractivity contribution in [3.63, 3.8) is 0 Å². The van der Waals surface area contributed by atoms with E-state index in [0.29, 0.717) is 19.6 Å². The van der Waals surface area contributed by atoms with Crippen LogP contribution in [0.25, 0.3) is 0 Å². The molecule has 4 N–H and O–H groups in total. The van der Waals surface area contributed by atoms with Crippen LogP contribution in [0.4, 0.5) is 0 Å². The van der Waals surface area contributed by atoms with Crippen LogP contribution in [-0.4, -0.2) is 45.5 Å². The summed E-state index contributed by atoms with van der Waals surface area (Å²) < 4.78 is 12.5. The molecule has 1 saturated heterocycles. The van der Waals surface area contributed by atoms with E-state index < -0.39 is 11.4 Å². The van der Waals surface area contributed by atoms with Crippen LogP contribution in [0.15, 0.2) is 66.0 Å². The lowest BCUT2D eigenvalue weighted by molar-refractivity contribution is -0.132. The van der Waals surface area contributed by atoms with Gasteiger partial charge < -0.3 is 30.5 Å². The van der Waals surface area contributed by atoms with Gasteiger partial charge in [-0.25, -0.2) is 0 Å². The summed E-state index contributed by atoms with van der Waals surface area (Å²) >= 11 is 0. The summed E-state index contributed by atoms with van der Waals surface area (Å²) in [5, 5.41) is 21.8. The van der Waals surface area contributed by atoms with Crippen LogP contribution < -0.4 is 16.0 Å². The summed E-state index contributed by atoms with van der Waals surface area (Å²) in [6, 6.07) is 17.8. The summed E-state index contributed by atoms with van der Waals surface area (Å²) in [7, 11) is 5.62. The number of nitrogens with one attached hydrogen (secondary N) is 3. The van der Waals surface area contributed by atoms with E-state index in [4.69, 9.17) is 9.47 Å². The van der Waals surface area contributed by atoms with Gasteiger partial charge in [0, 0.05) is 31.6 Å². The maximum absolute atomic E-state index is 12.0. The van der Waals surface area contributed by atoms with Crippen molar-refractivity contribution in [1.82, 2.24) is 16.0 Å². The topological polar surface area (TPSA) is 74.8 Å². The van der Waals surface area contributed by atoms with Crippen molar-refractivity contribution in [2.24, 2.45) is 0 Å². The highest BCUT2D eigenvalue weighted by molar-refractivity contribution is 5.49. The molecule has 154 valence electrons. The quantitative estimate of drug-likeness (QED) is 0.597. The molecule has 2 aromatic carbocycles. The van der Waals surface area contributed by atoms with Gasteiger partial charge in [-0.1, -0.05) is 54.6 Å². The highest BCUT2D eigenvalue weighted by Gasteiger charge is 2.50. The average molecular weight is 396 g/mol. The molecular weight excluding hydrogens is 366 g/mol. The predicted molar refractivity (Wildman–Crippen MR) is 112 cm³/mol. The van der Waals surface area contributed by atoms with E-state index in [2.05, 4.69) is 16.0 Å². The van der Waals surface area contributed by atoms with Crippen molar-refractivity contribution >= 4 is 0 Å². The molecule has 2 aliphatic rings. The molecule has 0 saturated carbocycles. The van der Waals surface area contributed by atoms with Gasteiger partial charge in [-0.2, -0.15) is 0 Å². The fourth-order valence-electron chi connectivity index (χ4n) is 4.71. The van der Waals surface area contributed by atoms with Crippen molar-refractivity contribution in [2.75, 3.05) is 34.4 Å². The third-order valence-electron chi connectivity index (χ3n) is 5.97. The molecule has 0 spiro atoms. The van der Waals surface area contributed by atoms with Gasteiger partial charge in [0.25, 0.3) is 0 Å². The standard InChI is InChI=1S/C23H29N3O3/c1-24-19-15-22(27,21(26-3)20(19)25-2)17-11-7-8-12-18(17)23(28-13-14-29-23)16-9-5-4-6-10-16/h4-12,19,24-27H,13-15H2,1-3H3. The van der Waals surface area contributed by atoms with Crippen molar-refractivity contribution in [3.8, 4) is 0 Å². The van der Waals surface area contributed by atoms with Crippen LogP contribution in [0, 0.1) is 0 Å². The number of likely N-dealkylation sites (N-methyl/N-ethyl adjacent to an activating group) is 3. The van der Waals surface area contributed by atoms with Crippen LogP contribution in [0.2, 0.25) is 0 Å². The second-order valence-corrected chi connectivity index (χ2v) is 7.42. The molecule has 2 aromatic rings. The molecule has 2 unspecified atom stereocenters. The first-order valence-corrected chi connectivity index (χ1v) is 10.0. The van der Waals surface area contributed by atoms with Crippen molar-refractivity contribution < 1.29 is 14.6 Å². The molecule has 29 heavy (non-hydrogen) atoms. The number of rotatable bonds is 6. The molecule has 6 heteroatoms. The lowest BCUT2D eigenvalue weighted by atomic mass is 9.82. The van der Waals surface area contributed by atoms with Crippen molar-refractivity contribution in [3.05, 3.63) is 82.7 Å². The third kappa shape index (κ3) is 3.04.